The summed E-state index contributed by atoms with van der Waals surface area (Å²) in [5.74, 6) is -1.13. The van der Waals surface area contributed by atoms with Gasteiger partial charge in [-0.05, 0) is 13.0 Å². The fourth-order valence-electron chi connectivity index (χ4n) is 1.70. The molecule has 9 heteroatoms. The van der Waals surface area contributed by atoms with Gasteiger partial charge in [0.1, 0.15) is 4.88 Å². The molecule has 0 saturated carbocycles. The number of nitrogens with zero attached hydrogens (tertiary/aromatic N) is 2. The van der Waals surface area contributed by atoms with Crippen molar-refractivity contribution in [2.75, 3.05) is 7.05 Å². The summed E-state index contributed by atoms with van der Waals surface area (Å²) in [5, 5.41) is 15.3. The molecule has 0 amide bonds. The highest BCUT2D eigenvalue weighted by Crippen LogP contribution is 2.28. The van der Waals surface area contributed by atoms with Crippen LogP contribution in [0, 0.1) is 6.92 Å². The third kappa shape index (κ3) is 2.74. The molecular formula is C11H13N3O4S2. The van der Waals surface area contributed by atoms with Crippen molar-refractivity contribution in [3.05, 3.63) is 33.8 Å². The van der Waals surface area contributed by atoms with Gasteiger partial charge in [0, 0.05) is 30.2 Å². The summed E-state index contributed by atoms with van der Waals surface area (Å²) in [6.45, 7) is 1.76. The Labute approximate surface area is 119 Å². The number of carboxylic acids is 1. The first kappa shape index (κ1) is 14.7. The molecule has 7 nitrogen and oxygen atoms in total. The molecule has 0 atom stereocenters. The van der Waals surface area contributed by atoms with E-state index in [9.17, 15) is 13.2 Å². The molecule has 2 aromatic heterocycles. The van der Waals surface area contributed by atoms with Crippen molar-refractivity contribution in [2.45, 2.75) is 18.4 Å². The number of thiophene rings is 1. The van der Waals surface area contributed by atoms with E-state index >= 15 is 0 Å². The zero-order chi connectivity index (χ0) is 14.9. The number of aryl methyl sites for hydroxylation is 1. The Hall–Kier alpha value is -1.71. The Balaban J connectivity index is 2.32. The highest BCUT2D eigenvalue weighted by Gasteiger charge is 2.26. The molecule has 0 aliphatic rings. The van der Waals surface area contributed by atoms with Crippen molar-refractivity contribution in [2.24, 2.45) is 0 Å². The second-order valence-corrected chi connectivity index (χ2v) is 7.47. The van der Waals surface area contributed by atoms with Crippen LogP contribution in [0.5, 0.6) is 0 Å². The largest absolute Gasteiger partial charge is 0.477 e. The summed E-state index contributed by atoms with van der Waals surface area (Å²) in [6, 6.07) is 1.20. The van der Waals surface area contributed by atoms with Crippen molar-refractivity contribution < 1.29 is 18.3 Å². The monoisotopic (exact) mass is 315 g/mol. The molecule has 0 aliphatic heterocycles. The van der Waals surface area contributed by atoms with Gasteiger partial charge >= 0.3 is 5.97 Å². The minimum absolute atomic E-state index is 0.0118. The van der Waals surface area contributed by atoms with Gasteiger partial charge in [-0.15, -0.1) is 11.3 Å². The first-order chi connectivity index (χ1) is 9.32. The maximum Gasteiger partial charge on any atom is 0.345 e. The van der Waals surface area contributed by atoms with Crippen molar-refractivity contribution in [1.29, 1.82) is 0 Å². The van der Waals surface area contributed by atoms with Crippen LogP contribution in [-0.4, -0.2) is 41.0 Å². The molecule has 0 fully saturated rings. The molecule has 0 bridgehead atoms. The van der Waals surface area contributed by atoms with Crippen LogP contribution in [0.1, 0.15) is 20.1 Å². The second-order valence-electron chi connectivity index (χ2n) is 4.20. The zero-order valence-electron chi connectivity index (χ0n) is 10.8. The second kappa shape index (κ2) is 5.35. The molecule has 2 aromatic rings. The minimum Gasteiger partial charge on any atom is -0.477 e. The lowest BCUT2D eigenvalue weighted by Crippen LogP contribution is -2.26. The maximum atomic E-state index is 12.4. The van der Waals surface area contributed by atoms with Crippen molar-refractivity contribution in [1.82, 2.24) is 14.5 Å². The summed E-state index contributed by atoms with van der Waals surface area (Å²) in [7, 11) is -2.28. The van der Waals surface area contributed by atoms with Gasteiger partial charge in [-0.1, -0.05) is 0 Å². The van der Waals surface area contributed by atoms with E-state index in [1.807, 2.05) is 0 Å². The summed E-state index contributed by atoms with van der Waals surface area (Å²) in [5.41, 5.74) is 0.724. The Morgan fingerprint density at radius 2 is 2.25 bits per heavy atom. The average molecular weight is 315 g/mol. The number of H-pyrrole nitrogens is 1. The van der Waals surface area contributed by atoms with Crippen molar-refractivity contribution in [3.8, 4) is 0 Å². The average Bonchev–Trinajstić information content (AvgIpc) is 2.98. The maximum absolute atomic E-state index is 12.4. The summed E-state index contributed by atoms with van der Waals surface area (Å²) < 4.78 is 26.0. The molecule has 0 aliphatic carbocycles. The summed E-state index contributed by atoms with van der Waals surface area (Å²) in [4.78, 5) is 11.4. The molecule has 0 radical (unpaired) electrons. The zero-order valence-corrected chi connectivity index (χ0v) is 12.5. The van der Waals surface area contributed by atoms with Crippen LogP contribution in [0.4, 0.5) is 0 Å². The molecule has 0 unspecified atom stereocenters. The molecule has 0 spiro atoms. The number of aromatic carboxylic acids is 1. The predicted molar refractivity (Wildman–Crippen MR) is 73.3 cm³/mol. The van der Waals surface area contributed by atoms with E-state index in [2.05, 4.69) is 10.2 Å². The quantitative estimate of drug-likeness (QED) is 0.865. The van der Waals surface area contributed by atoms with Crippen LogP contribution < -0.4 is 0 Å². The summed E-state index contributed by atoms with van der Waals surface area (Å²) >= 11 is 0.951. The number of nitrogens with one attached hydrogen (secondary N) is 1. The number of sulfonamides is 1. The smallest absolute Gasteiger partial charge is 0.345 e. The Morgan fingerprint density at radius 3 is 2.75 bits per heavy atom. The Kier molecular flexibility index (Phi) is 3.93. The fourth-order valence-corrected chi connectivity index (χ4v) is 4.25. The predicted octanol–water partition coefficient (Wildman–Crippen LogP) is 1.30. The van der Waals surface area contributed by atoms with Gasteiger partial charge in [-0.3, -0.25) is 5.10 Å². The SMILES string of the molecule is Cc1sc(C(=O)O)cc1S(=O)(=O)N(C)Cc1cn[nH]c1. The third-order valence-corrected chi connectivity index (χ3v) is 5.83. The lowest BCUT2D eigenvalue weighted by molar-refractivity contribution is 0.0702. The molecule has 2 N–H and O–H groups in total. The lowest BCUT2D eigenvalue weighted by atomic mass is 10.4. The Morgan fingerprint density at radius 1 is 1.55 bits per heavy atom. The van der Waals surface area contributed by atoms with Crippen LogP contribution in [0.3, 0.4) is 0 Å². The first-order valence-corrected chi connectivity index (χ1v) is 7.85. The van der Waals surface area contributed by atoms with Crippen LogP contribution >= 0.6 is 11.3 Å². The van der Waals surface area contributed by atoms with Crippen LogP contribution in [0.2, 0.25) is 0 Å². The molecule has 2 rings (SSSR count). The topological polar surface area (TPSA) is 103 Å². The number of aromatic amines is 1. The van der Waals surface area contributed by atoms with Crippen molar-refractivity contribution in [3.63, 3.8) is 0 Å². The van der Waals surface area contributed by atoms with Gasteiger partial charge in [0.05, 0.1) is 11.1 Å². The molecule has 0 aromatic carbocycles. The number of carboxylic acid groups (broad SMARTS) is 1. The normalized spacial score (nSPS) is 11.9. The van der Waals surface area contributed by atoms with Crippen LogP contribution in [0.25, 0.3) is 0 Å². The first-order valence-electron chi connectivity index (χ1n) is 5.60. The van der Waals surface area contributed by atoms with Crippen molar-refractivity contribution >= 4 is 27.3 Å². The number of hydrogen-bond acceptors (Lipinski definition) is 5. The van der Waals surface area contributed by atoms with E-state index in [4.69, 9.17) is 5.11 Å². The third-order valence-electron chi connectivity index (χ3n) is 2.73. The van der Waals surface area contributed by atoms with Gasteiger partial charge in [-0.25, -0.2) is 13.2 Å². The molecular weight excluding hydrogens is 302 g/mol. The van der Waals surface area contributed by atoms with E-state index < -0.39 is 16.0 Å². The fraction of sp³-hybridized carbons (Fsp3) is 0.273. The van der Waals surface area contributed by atoms with Gasteiger partial charge in [0.15, 0.2) is 0 Å². The van der Waals surface area contributed by atoms with Gasteiger partial charge in [-0.2, -0.15) is 9.40 Å². The molecule has 20 heavy (non-hydrogen) atoms. The number of rotatable bonds is 5. The Bertz CT molecular complexity index is 719. The van der Waals surface area contributed by atoms with Crippen LogP contribution in [-0.2, 0) is 16.6 Å². The number of carbonyl (C=O) groups is 1. The highest BCUT2D eigenvalue weighted by molar-refractivity contribution is 7.89. The van der Waals surface area contributed by atoms with Gasteiger partial charge < -0.3 is 5.11 Å². The lowest BCUT2D eigenvalue weighted by Gasteiger charge is -2.15. The van der Waals surface area contributed by atoms with Crippen LogP contribution in [0.15, 0.2) is 23.4 Å². The summed E-state index contributed by atoms with van der Waals surface area (Å²) in [6.07, 6.45) is 3.14. The van der Waals surface area contributed by atoms with E-state index in [0.29, 0.717) is 4.88 Å². The molecule has 0 saturated heterocycles. The highest BCUT2D eigenvalue weighted by atomic mass is 32.2. The van der Waals surface area contributed by atoms with E-state index in [1.54, 1.807) is 13.1 Å². The van der Waals surface area contributed by atoms with Gasteiger partial charge in [0.2, 0.25) is 10.0 Å². The molecule has 108 valence electrons. The number of hydrogen-bond donors (Lipinski definition) is 2. The minimum atomic E-state index is -3.72. The number of aromatic nitrogens is 2. The van der Waals surface area contributed by atoms with E-state index in [1.165, 1.54) is 23.6 Å². The molecule has 2 heterocycles. The van der Waals surface area contributed by atoms with E-state index in [-0.39, 0.29) is 16.3 Å². The van der Waals surface area contributed by atoms with E-state index in [0.717, 1.165) is 16.9 Å². The standard InChI is InChI=1S/C11H13N3O4S2/c1-7-10(3-9(19-7)11(15)16)20(17,18)14(2)6-8-4-12-13-5-8/h3-5H,6H2,1-2H3,(H,12,13)(H,15,16). The van der Waals surface area contributed by atoms with Gasteiger partial charge in [0.25, 0.3) is 0 Å².